The first-order valence-corrected chi connectivity index (χ1v) is 9.00. The molecule has 1 aliphatic heterocycles. The highest BCUT2D eigenvalue weighted by atomic mass is 16.4. The van der Waals surface area contributed by atoms with Crippen molar-refractivity contribution >= 4 is 11.6 Å². The van der Waals surface area contributed by atoms with Gasteiger partial charge in [0.2, 0.25) is 0 Å². The maximum absolute atomic E-state index is 11.1. The van der Waals surface area contributed by atoms with Crippen LogP contribution < -0.4 is 0 Å². The number of carboxylic acid groups (broad SMARTS) is 1. The number of likely N-dealkylation sites (tertiary alicyclic amines) is 1. The van der Waals surface area contributed by atoms with Crippen molar-refractivity contribution < 1.29 is 9.90 Å². The normalized spacial score (nSPS) is 18.4. The van der Waals surface area contributed by atoms with Gasteiger partial charge in [-0.1, -0.05) is 6.07 Å². The Hall–Kier alpha value is -2.67. The molecule has 0 aliphatic carbocycles. The standard InChI is InChI=1S/C19H23N5O2/c1-14-17(23-10-3-2-6-18(23)21-14)12-22-9-4-5-15(11-22)16-7-8-20-24(16)13-19(25)26/h2-3,6-8,10,15H,4-5,9,11-13H2,1H3,(H,25,26). The van der Waals surface area contributed by atoms with Gasteiger partial charge in [-0.05, 0) is 44.5 Å². The maximum Gasteiger partial charge on any atom is 0.325 e. The molecule has 136 valence electrons. The van der Waals surface area contributed by atoms with E-state index < -0.39 is 5.97 Å². The Kier molecular flexibility index (Phi) is 4.46. The minimum atomic E-state index is -0.857. The molecule has 7 nitrogen and oxygen atoms in total. The van der Waals surface area contributed by atoms with Gasteiger partial charge in [-0.2, -0.15) is 5.10 Å². The number of aryl methyl sites for hydroxylation is 1. The summed E-state index contributed by atoms with van der Waals surface area (Å²) < 4.78 is 3.78. The van der Waals surface area contributed by atoms with Gasteiger partial charge in [0.25, 0.3) is 0 Å². The van der Waals surface area contributed by atoms with Gasteiger partial charge >= 0.3 is 5.97 Å². The Morgan fingerprint density at radius 3 is 3.08 bits per heavy atom. The lowest BCUT2D eigenvalue weighted by molar-refractivity contribution is -0.137. The highest BCUT2D eigenvalue weighted by Crippen LogP contribution is 2.28. The summed E-state index contributed by atoms with van der Waals surface area (Å²) in [7, 11) is 0. The van der Waals surface area contributed by atoms with E-state index in [2.05, 4.69) is 32.5 Å². The number of carboxylic acids is 1. The minimum Gasteiger partial charge on any atom is -0.480 e. The summed E-state index contributed by atoms with van der Waals surface area (Å²) in [6.07, 6.45) is 5.92. The van der Waals surface area contributed by atoms with Crippen molar-refractivity contribution in [3.8, 4) is 0 Å². The van der Waals surface area contributed by atoms with Crippen LogP contribution in [0, 0.1) is 6.92 Å². The first-order chi connectivity index (χ1) is 12.6. The second-order valence-electron chi connectivity index (χ2n) is 6.95. The number of hydrogen-bond donors (Lipinski definition) is 1. The van der Waals surface area contributed by atoms with Crippen molar-refractivity contribution in [3.63, 3.8) is 0 Å². The fraction of sp³-hybridized carbons (Fsp3) is 0.421. The number of piperidine rings is 1. The highest BCUT2D eigenvalue weighted by Gasteiger charge is 2.25. The monoisotopic (exact) mass is 353 g/mol. The first-order valence-electron chi connectivity index (χ1n) is 9.00. The van der Waals surface area contributed by atoms with Crippen molar-refractivity contribution in [1.29, 1.82) is 0 Å². The molecule has 4 heterocycles. The molecule has 0 aromatic carbocycles. The summed E-state index contributed by atoms with van der Waals surface area (Å²) >= 11 is 0. The first kappa shape index (κ1) is 16.8. The molecular formula is C19H23N5O2. The summed E-state index contributed by atoms with van der Waals surface area (Å²) in [4.78, 5) is 18.2. The molecule has 0 spiro atoms. The quantitative estimate of drug-likeness (QED) is 0.762. The zero-order valence-electron chi connectivity index (χ0n) is 14.9. The van der Waals surface area contributed by atoms with Crippen LogP contribution in [-0.4, -0.2) is 48.2 Å². The average Bonchev–Trinajstić information content (AvgIpc) is 3.19. The van der Waals surface area contributed by atoms with Crippen LogP contribution >= 0.6 is 0 Å². The van der Waals surface area contributed by atoms with Gasteiger partial charge in [-0.25, -0.2) is 4.98 Å². The third-order valence-corrected chi connectivity index (χ3v) is 5.16. The smallest absolute Gasteiger partial charge is 0.325 e. The zero-order chi connectivity index (χ0) is 18.1. The van der Waals surface area contributed by atoms with Crippen molar-refractivity contribution in [1.82, 2.24) is 24.1 Å². The molecule has 4 rings (SSSR count). The van der Waals surface area contributed by atoms with Gasteiger partial charge in [0.1, 0.15) is 12.2 Å². The molecule has 1 N–H and O–H groups in total. The fourth-order valence-corrected chi connectivity index (χ4v) is 3.96. The molecule has 1 atom stereocenters. The molecule has 0 amide bonds. The number of imidazole rings is 1. The van der Waals surface area contributed by atoms with Crippen LogP contribution in [0.5, 0.6) is 0 Å². The molecule has 1 saturated heterocycles. The molecule has 1 fully saturated rings. The van der Waals surface area contributed by atoms with Gasteiger partial charge < -0.3 is 9.51 Å². The van der Waals surface area contributed by atoms with Crippen LogP contribution in [0.3, 0.4) is 0 Å². The van der Waals surface area contributed by atoms with E-state index in [4.69, 9.17) is 5.11 Å². The van der Waals surface area contributed by atoms with Gasteiger partial charge in [0.05, 0.1) is 11.4 Å². The van der Waals surface area contributed by atoms with E-state index in [1.54, 1.807) is 10.9 Å². The molecule has 3 aromatic heterocycles. The van der Waals surface area contributed by atoms with E-state index >= 15 is 0 Å². The Morgan fingerprint density at radius 1 is 1.35 bits per heavy atom. The third kappa shape index (κ3) is 3.22. The van der Waals surface area contributed by atoms with Crippen molar-refractivity contribution in [2.24, 2.45) is 0 Å². The summed E-state index contributed by atoms with van der Waals surface area (Å²) in [6, 6.07) is 8.02. The molecule has 1 aliphatic rings. The van der Waals surface area contributed by atoms with Crippen LogP contribution in [0.4, 0.5) is 0 Å². The van der Waals surface area contributed by atoms with Crippen LogP contribution in [0.1, 0.15) is 35.8 Å². The van der Waals surface area contributed by atoms with Crippen molar-refractivity contribution in [2.45, 2.75) is 38.8 Å². The van der Waals surface area contributed by atoms with Gasteiger partial charge in [0, 0.05) is 37.1 Å². The van der Waals surface area contributed by atoms with Crippen LogP contribution in [-0.2, 0) is 17.9 Å². The number of fused-ring (bicyclic) bond motifs is 1. The van der Waals surface area contributed by atoms with Gasteiger partial charge in [-0.3, -0.25) is 14.4 Å². The Morgan fingerprint density at radius 2 is 2.23 bits per heavy atom. The number of aliphatic carboxylic acids is 1. The zero-order valence-corrected chi connectivity index (χ0v) is 14.9. The van der Waals surface area contributed by atoms with E-state index in [-0.39, 0.29) is 6.54 Å². The summed E-state index contributed by atoms with van der Waals surface area (Å²) in [6.45, 7) is 4.78. The fourth-order valence-electron chi connectivity index (χ4n) is 3.96. The maximum atomic E-state index is 11.1. The molecule has 7 heteroatoms. The highest BCUT2D eigenvalue weighted by molar-refractivity contribution is 5.66. The number of aromatic nitrogens is 4. The number of nitrogens with zero attached hydrogens (tertiary/aromatic N) is 5. The molecule has 0 radical (unpaired) electrons. The van der Waals surface area contributed by atoms with Crippen molar-refractivity contribution in [2.75, 3.05) is 13.1 Å². The topological polar surface area (TPSA) is 75.7 Å². The Balaban J connectivity index is 1.53. The van der Waals surface area contributed by atoms with Gasteiger partial charge in [-0.15, -0.1) is 0 Å². The van der Waals surface area contributed by atoms with Crippen LogP contribution in [0.2, 0.25) is 0 Å². The second-order valence-corrected chi connectivity index (χ2v) is 6.95. The van der Waals surface area contributed by atoms with E-state index in [9.17, 15) is 4.79 Å². The van der Waals surface area contributed by atoms with E-state index in [1.807, 2.05) is 24.3 Å². The molecule has 3 aromatic rings. The Bertz CT molecular complexity index is 929. The summed E-state index contributed by atoms with van der Waals surface area (Å²) in [5, 5.41) is 13.3. The number of pyridine rings is 1. The molecular weight excluding hydrogens is 330 g/mol. The van der Waals surface area contributed by atoms with Crippen molar-refractivity contribution in [3.05, 3.63) is 53.7 Å². The van der Waals surface area contributed by atoms with Crippen LogP contribution in [0.25, 0.3) is 5.65 Å². The summed E-state index contributed by atoms with van der Waals surface area (Å²) in [5.41, 5.74) is 4.29. The Labute approximate surface area is 151 Å². The molecule has 0 saturated carbocycles. The minimum absolute atomic E-state index is 0.0782. The number of rotatable bonds is 5. The lowest BCUT2D eigenvalue weighted by Gasteiger charge is -2.32. The molecule has 0 bridgehead atoms. The number of carbonyl (C=O) groups is 1. The van der Waals surface area contributed by atoms with E-state index in [1.165, 1.54) is 5.69 Å². The van der Waals surface area contributed by atoms with E-state index in [0.717, 1.165) is 49.5 Å². The predicted octanol–water partition coefficient (Wildman–Crippen LogP) is 2.30. The lowest BCUT2D eigenvalue weighted by atomic mass is 9.94. The second kappa shape index (κ2) is 6.92. The molecule has 1 unspecified atom stereocenters. The summed E-state index contributed by atoms with van der Waals surface area (Å²) in [5.74, 6) is -0.547. The van der Waals surface area contributed by atoms with Crippen LogP contribution in [0.15, 0.2) is 36.7 Å². The SMILES string of the molecule is Cc1nc2ccccn2c1CN1CCCC(c2ccnn2CC(=O)O)C1. The predicted molar refractivity (Wildman–Crippen MR) is 97.0 cm³/mol. The van der Waals surface area contributed by atoms with Gasteiger partial charge in [0.15, 0.2) is 0 Å². The largest absolute Gasteiger partial charge is 0.480 e. The average molecular weight is 353 g/mol. The third-order valence-electron chi connectivity index (χ3n) is 5.16. The lowest BCUT2D eigenvalue weighted by Crippen LogP contribution is -2.35. The number of hydrogen-bond acceptors (Lipinski definition) is 4. The molecule has 26 heavy (non-hydrogen) atoms. The van der Waals surface area contributed by atoms with E-state index in [0.29, 0.717) is 5.92 Å².